The van der Waals surface area contributed by atoms with Crippen LogP contribution in [0.3, 0.4) is 0 Å². The van der Waals surface area contributed by atoms with Crippen molar-refractivity contribution in [3.8, 4) is 0 Å². The molecule has 0 heterocycles. The van der Waals surface area contributed by atoms with Gasteiger partial charge in [-0.2, -0.15) is 0 Å². The van der Waals surface area contributed by atoms with Crippen LogP contribution in [0.5, 0.6) is 0 Å². The first-order valence-corrected chi connectivity index (χ1v) is 0. The number of nitrogens with two attached hydrogens (primary N) is 1. The second-order valence-corrected chi connectivity index (χ2v) is 0. The summed E-state index contributed by atoms with van der Waals surface area (Å²) in [6.45, 7) is 0. The third-order valence-corrected chi connectivity index (χ3v) is 0. The molecule has 0 aliphatic rings. The molecule has 2 N–H and O–H groups in total. The molecule has 0 atom stereocenters. The first-order valence-electron chi connectivity index (χ1n) is 0. The number of hydrogen-bond acceptors (Lipinski definition) is 0. The van der Waals surface area contributed by atoms with Gasteiger partial charge in [0.15, 0.2) is 0 Å². The van der Waals surface area contributed by atoms with Crippen molar-refractivity contribution in [3.05, 3.63) is 21.0 Å². The Bertz CT molecular complexity index is 6.00. The normalized spacial score (nSPS) is 0. The van der Waals surface area contributed by atoms with Crippen molar-refractivity contribution in [2.24, 2.45) is 0 Å². The van der Waals surface area contributed by atoms with E-state index < -0.39 is 0 Å². The van der Waals surface area contributed by atoms with Crippen molar-refractivity contribution >= 4 is 0 Å². The molecular weight excluding hydrogens is 217 g/mol. The third kappa shape index (κ3) is 13.8. The van der Waals surface area contributed by atoms with Crippen molar-refractivity contribution in [2.45, 2.75) is 0 Å². The van der Waals surface area contributed by atoms with Crippen LogP contribution in [0.2, 0.25) is 0 Å². The Hall–Kier alpha value is 0.830. The van der Waals surface area contributed by atoms with Gasteiger partial charge in [0, 0.05) is 25.8 Å². The second-order valence-electron chi connectivity index (χ2n) is 0. The molecule has 0 spiro atoms. The number of hydrogen-bond donors (Lipinski definition) is 0. The molecule has 0 saturated heterocycles. The van der Waals surface area contributed by atoms with E-state index in [1.54, 1.807) is 0 Å². The molecule has 0 amide bonds. The van der Waals surface area contributed by atoms with Gasteiger partial charge in [-0.25, -0.2) is 0 Å². The fourth-order valence-corrected chi connectivity index (χ4v) is 0. The summed E-state index contributed by atoms with van der Waals surface area (Å²) in [5.41, 5.74) is 0. The molecular formula is C2H8HfN-3. The van der Waals surface area contributed by atoms with Gasteiger partial charge in [0.2, 0.25) is 0 Å². The largest absolute Gasteiger partial charge is 0.693 e. The van der Waals surface area contributed by atoms with E-state index >= 15 is 0 Å². The Kier molecular flexibility index (Phi) is 1140. The van der Waals surface area contributed by atoms with Crippen LogP contribution >= 0.6 is 0 Å². The average molecular weight is 225 g/mol. The molecule has 0 bridgehead atoms. The van der Waals surface area contributed by atoms with E-state index in [0.717, 1.165) is 0 Å². The van der Waals surface area contributed by atoms with Crippen LogP contribution in [0.4, 0.5) is 0 Å². The molecule has 0 rings (SSSR count). The molecule has 28 valence electrons. The summed E-state index contributed by atoms with van der Waals surface area (Å²) in [6.07, 6.45) is 0. The number of rotatable bonds is 0. The molecule has 0 saturated carbocycles. The minimum atomic E-state index is 0. The Morgan fingerprint density at radius 1 is 0.750 bits per heavy atom. The summed E-state index contributed by atoms with van der Waals surface area (Å²) in [7, 11) is 0. The molecule has 0 unspecified atom stereocenters. The summed E-state index contributed by atoms with van der Waals surface area (Å²) in [5, 5.41) is 0. The van der Waals surface area contributed by atoms with E-state index in [1.807, 2.05) is 0 Å². The average Bonchev–Trinajstić information content (AvgIpc) is 0. The molecule has 4 heavy (non-hydrogen) atoms. The summed E-state index contributed by atoms with van der Waals surface area (Å²) in [5.74, 6) is 0. The molecule has 0 aliphatic carbocycles. The van der Waals surface area contributed by atoms with Crippen molar-refractivity contribution in [1.82, 2.24) is 0 Å². The summed E-state index contributed by atoms with van der Waals surface area (Å²) >= 11 is 0. The maximum Gasteiger partial charge on any atom is 0 e. The SMILES string of the molecule is [CH3-].[CH3-].[Hf].[NH2-]. The minimum Gasteiger partial charge on any atom is -0.693 e. The van der Waals surface area contributed by atoms with Crippen LogP contribution in [-0.4, -0.2) is 0 Å². The zero-order chi connectivity index (χ0) is 0. The molecule has 0 aliphatic heterocycles. The van der Waals surface area contributed by atoms with Crippen molar-refractivity contribution in [2.75, 3.05) is 0 Å². The summed E-state index contributed by atoms with van der Waals surface area (Å²) < 4.78 is 0. The Labute approximate surface area is 47.2 Å². The van der Waals surface area contributed by atoms with Gasteiger partial charge in [0.1, 0.15) is 0 Å². The fourth-order valence-electron chi connectivity index (χ4n) is 0. The van der Waals surface area contributed by atoms with Gasteiger partial charge >= 0.3 is 0 Å². The van der Waals surface area contributed by atoms with E-state index in [1.165, 1.54) is 0 Å². The first-order chi connectivity index (χ1) is 0. The third-order valence-electron chi connectivity index (χ3n) is 0. The predicted octanol–water partition coefficient (Wildman–Crippen LogP) is 1.62. The van der Waals surface area contributed by atoms with E-state index in [0.29, 0.717) is 0 Å². The monoisotopic (exact) mass is 226 g/mol. The van der Waals surface area contributed by atoms with Crippen LogP contribution in [0.1, 0.15) is 0 Å². The molecule has 2 heteroatoms. The van der Waals surface area contributed by atoms with Crippen molar-refractivity contribution in [1.29, 1.82) is 0 Å². The molecule has 0 radical (unpaired) electrons. The van der Waals surface area contributed by atoms with Gasteiger partial charge < -0.3 is 21.0 Å². The zero-order valence-corrected chi connectivity index (χ0v) is 6.67. The Morgan fingerprint density at radius 3 is 0.750 bits per heavy atom. The zero-order valence-electron chi connectivity index (χ0n) is 3.08. The van der Waals surface area contributed by atoms with Crippen LogP contribution in [0.15, 0.2) is 0 Å². The molecule has 0 aromatic carbocycles. The van der Waals surface area contributed by atoms with Gasteiger partial charge in [-0.1, -0.05) is 0 Å². The van der Waals surface area contributed by atoms with E-state index in [2.05, 4.69) is 0 Å². The first kappa shape index (κ1) is 103. The van der Waals surface area contributed by atoms with Crippen molar-refractivity contribution in [3.63, 3.8) is 0 Å². The van der Waals surface area contributed by atoms with Gasteiger partial charge in [0.05, 0.1) is 0 Å². The van der Waals surface area contributed by atoms with Gasteiger partial charge in [-0.05, 0) is 0 Å². The van der Waals surface area contributed by atoms with E-state index in [4.69, 9.17) is 0 Å². The van der Waals surface area contributed by atoms with E-state index in [-0.39, 0.29) is 46.8 Å². The summed E-state index contributed by atoms with van der Waals surface area (Å²) in [6, 6.07) is 0. The second kappa shape index (κ2) is 44.5. The van der Waals surface area contributed by atoms with Crippen LogP contribution in [0.25, 0.3) is 6.15 Å². The standard InChI is InChI=1S/2CH3.Hf.H2N/h2*1H3;;1H2/q2*-1;;-1. The van der Waals surface area contributed by atoms with Crippen LogP contribution < -0.4 is 0 Å². The molecule has 0 aromatic heterocycles. The Morgan fingerprint density at radius 2 is 0.750 bits per heavy atom. The maximum atomic E-state index is 0. The topological polar surface area (TPSA) is 33.5 Å². The molecule has 1 nitrogen and oxygen atoms in total. The van der Waals surface area contributed by atoms with Crippen LogP contribution in [-0.2, 0) is 25.8 Å². The molecule has 0 aromatic rings. The maximum absolute atomic E-state index is 0. The quantitative estimate of drug-likeness (QED) is 0.443. The molecule has 0 fully saturated rings. The van der Waals surface area contributed by atoms with Gasteiger partial charge in [-0.15, -0.1) is 0 Å². The predicted molar refractivity (Wildman–Crippen MR) is 18.1 cm³/mol. The Balaban J connectivity index is 0. The van der Waals surface area contributed by atoms with Gasteiger partial charge in [-0.3, -0.25) is 0 Å². The van der Waals surface area contributed by atoms with E-state index in [9.17, 15) is 0 Å². The fraction of sp³-hybridized carbons (Fsp3) is 0. The van der Waals surface area contributed by atoms with Crippen LogP contribution in [0, 0.1) is 14.9 Å². The van der Waals surface area contributed by atoms with Crippen molar-refractivity contribution < 1.29 is 25.8 Å². The smallest absolute Gasteiger partial charge is 0 e. The summed E-state index contributed by atoms with van der Waals surface area (Å²) in [4.78, 5) is 0. The van der Waals surface area contributed by atoms with Gasteiger partial charge in [0.25, 0.3) is 0 Å². The minimum absolute atomic E-state index is 0.